The second-order valence-corrected chi connectivity index (χ2v) is 4.94. The second kappa shape index (κ2) is 5.69. The van der Waals surface area contributed by atoms with Crippen LogP contribution < -0.4 is 10.1 Å². The predicted octanol–water partition coefficient (Wildman–Crippen LogP) is 2.40. The van der Waals surface area contributed by atoms with Crippen LogP contribution in [0.25, 0.3) is 0 Å². The molecule has 3 atom stereocenters. The number of benzene rings is 1. The van der Waals surface area contributed by atoms with E-state index in [0.29, 0.717) is 0 Å². The van der Waals surface area contributed by atoms with Gasteiger partial charge >= 0.3 is 0 Å². The molecule has 4 nitrogen and oxygen atoms in total. The summed E-state index contributed by atoms with van der Waals surface area (Å²) in [5, 5.41) is 3.39. The third-order valence-corrected chi connectivity index (χ3v) is 3.75. The number of hydrogen-bond acceptors (Lipinski definition) is 4. The summed E-state index contributed by atoms with van der Waals surface area (Å²) >= 11 is 0. The monoisotopic (exact) mass is 273 g/mol. The van der Waals surface area contributed by atoms with Gasteiger partial charge in [-0.05, 0) is 25.3 Å². The van der Waals surface area contributed by atoms with Crippen molar-refractivity contribution >= 4 is 0 Å². The van der Waals surface area contributed by atoms with Crippen molar-refractivity contribution in [2.75, 3.05) is 21.0 Å². The molecule has 0 aromatic heterocycles. The third kappa shape index (κ3) is 2.32. The first kappa shape index (κ1) is 13.2. The molecule has 1 aliphatic carbocycles. The molecule has 4 heteroatoms. The van der Waals surface area contributed by atoms with Crippen molar-refractivity contribution in [3.8, 4) is 5.75 Å². The van der Waals surface area contributed by atoms with Crippen LogP contribution in [-0.2, 0) is 9.47 Å². The number of methoxy groups -OCH3 is 1. The van der Waals surface area contributed by atoms with E-state index in [0.717, 1.165) is 11.5 Å². The highest BCUT2D eigenvalue weighted by Crippen LogP contribution is 2.41. The van der Waals surface area contributed by atoms with Gasteiger partial charge in [-0.3, -0.25) is 0 Å². The fourth-order valence-electron chi connectivity index (χ4n) is 2.83. The van der Waals surface area contributed by atoms with E-state index < -0.39 is 0 Å². The number of allylic oxidation sites excluding steroid dienone is 1. The first-order valence-corrected chi connectivity index (χ1v) is 6.78. The Bertz CT molecular complexity index is 538. The Morgan fingerprint density at radius 2 is 2.15 bits per heavy atom. The topological polar surface area (TPSA) is 39.7 Å². The lowest BCUT2D eigenvalue weighted by Crippen LogP contribution is -2.40. The van der Waals surface area contributed by atoms with Crippen LogP contribution in [0.4, 0.5) is 0 Å². The van der Waals surface area contributed by atoms with Gasteiger partial charge < -0.3 is 19.5 Å². The zero-order valence-corrected chi connectivity index (χ0v) is 11.7. The van der Waals surface area contributed by atoms with E-state index in [2.05, 4.69) is 17.5 Å². The first-order valence-electron chi connectivity index (χ1n) is 6.78. The quantitative estimate of drug-likeness (QED) is 0.855. The standard InChI is InChI=1S/C16H19NO3/c1-17-16-12-5-3-4-6-14(12)20-15-9-11(19-10-18-2)7-8-13(15)16/h3-9,13,15-17H,10H2,1-2H3. The number of ether oxygens (including phenoxy) is 3. The fraction of sp³-hybridized carbons (Fsp3) is 0.375. The maximum absolute atomic E-state index is 6.09. The van der Waals surface area contributed by atoms with E-state index in [9.17, 15) is 0 Å². The Balaban J connectivity index is 1.88. The SMILES string of the molecule is CNC1c2ccccc2OC2C=C(OCOC)C=CC21. The van der Waals surface area contributed by atoms with Gasteiger partial charge in [0.15, 0.2) is 6.79 Å². The van der Waals surface area contributed by atoms with Crippen LogP contribution in [0, 0.1) is 5.92 Å². The summed E-state index contributed by atoms with van der Waals surface area (Å²) in [6, 6.07) is 8.42. The second-order valence-electron chi connectivity index (χ2n) is 4.94. The van der Waals surface area contributed by atoms with Gasteiger partial charge in [-0.15, -0.1) is 0 Å². The number of rotatable bonds is 4. The molecule has 3 unspecified atom stereocenters. The van der Waals surface area contributed by atoms with Crippen molar-refractivity contribution in [3.05, 3.63) is 53.8 Å². The van der Waals surface area contributed by atoms with Crippen LogP contribution in [0.2, 0.25) is 0 Å². The Morgan fingerprint density at radius 3 is 2.95 bits per heavy atom. The molecule has 0 saturated heterocycles. The van der Waals surface area contributed by atoms with Gasteiger partial charge in [0.1, 0.15) is 17.6 Å². The maximum atomic E-state index is 6.09. The van der Waals surface area contributed by atoms with E-state index in [1.807, 2.05) is 37.4 Å². The van der Waals surface area contributed by atoms with Crippen LogP contribution in [0.1, 0.15) is 11.6 Å². The lowest BCUT2D eigenvalue weighted by atomic mass is 9.83. The molecule has 0 radical (unpaired) electrons. The summed E-state index contributed by atoms with van der Waals surface area (Å²) in [5.41, 5.74) is 1.20. The summed E-state index contributed by atoms with van der Waals surface area (Å²) in [6.45, 7) is 0.250. The summed E-state index contributed by atoms with van der Waals surface area (Å²) in [5.74, 6) is 2.00. The molecule has 0 amide bonds. The summed E-state index contributed by atoms with van der Waals surface area (Å²) < 4.78 is 16.5. The lowest BCUT2D eigenvalue weighted by molar-refractivity contribution is 0.00688. The zero-order valence-electron chi connectivity index (χ0n) is 11.7. The average Bonchev–Trinajstić information content (AvgIpc) is 2.50. The van der Waals surface area contributed by atoms with Gasteiger partial charge in [-0.1, -0.05) is 24.3 Å². The van der Waals surface area contributed by atoms with Crippen molar-refractivity contribution in [2.45, 2.75) is 12.1 Å². The Labute approximate surface area is 119 Å². The highest BCUT2D eigenvalue weighted by Gasteiger charge is 2.36. The Kier molecular flexibility index (Phi) is 3.76. The third-order valence-electron chi connectivity index (χ3n) is 3.75. The minimum absolute atomic E-state index is 0.0146. The normalized spacial score (nSPS) is 27.1. The van der Waals surface area contributed by atoms with Gasteiger partial charge in [0, 0.05) is 24.6 Å². The van der Waals surface area contributed by atoms with Gasteiger partial charge in [-0.2, -0.15) is 0 Å². The molecule has 1 aliphatic heterocycles. The first-order chi connectivity index (χ1) is 9.83. The molecule has 0 spiro atoms. The van der Waals surface area contributed by atoms with Crippen molar-refractivity contribution in [3.63, 3.8) is 0 Å². The molecule has 1 N–H and O–H groups in total. The molecule has 2 aliphatic rings. The summed E-state index contributed by atoms with van der Waals surface area (Å²) in [6.07, 6.45) is 6.14. The molecular formula is C16H19NO3. The molecule has 3 rings (SSSR count). The molecule has 106 valence electrons. The molecule has 0 fully saturated rings. The number of para-hydroxylation sites is 1. The molecule has 20 heavy (non-hydrogen) atoms. The molecular weight excluding hydrogens is 254 g/mol. The molecule has 1 aromatic rings. The Hall–Kier alpha value is -1.78. The van der Waals surface area contributed by atoms with E-state index in [4.69, 9.17) is 14.2 Å². The predicted molar refractivity (Wildman–Crippen MR) is 76.3 cm³/mol. The van der Waals surface area contributed by atoms with Crippen LogP contribution >= 0.6 is 0 Å². The van der Waals surface area contributed by atoms with Crippen LogP contribution in [0.5, 0.6) is 5.75 Å². The van der Waals surface area contributed by atoms with Crippen LogP contribution in [0.15, 0.2) is 48.3 Å². The number of nitrogens with one attached hydrogen (secondary N) is 1. The lowest BCUT2D eigenvalue weighted by Gasteiger charge is -2.38. The summed E-state index contributed by atoms with van der Waals surface area (Å²) in [4.78, 5) is 0. The van der Waals surface area contributed by atoms with Gasteiger partial charge in [0.05, 0.1) is 0 Å². The van der Waals surface area contributed by atoms with Crippen molar-refractivity contribution in [2.24, 2.45) is 5.92 Å². The highest BCUT2D eigenvalue weighted by molar-refractivity contribution is 5.42. The number of fused-ring (bicyclic) bond motifs is 2. The van der Waals surface area contributed by atoms with Gasteiger partial charge in [-0.25, -0.2) is 0 Å². The highest BCUT2D eigenvalue weighted by atomic mass is 16.7. The van der Waals surface area contributed by atoms with Gasteiger partial charge in [0.25, 0.3) is 0 Å². The van der Waals surface area contributed by atoms with E-state index in [1.54, 1.807) is 7.11 Å². The fourth-order valence-corrected chi connectivity index (χ4v) is 2.83. The van der Waals surface area contributed by atoms with Crippen LogP contribution in [0.3, 0.4) is 0 Å². The summed E-state index contributed by atoms with van der Waals surface area (Å²) in [7, 11) is 3.60. The maximum Gasteiger partial charge on any atom is 0.188 e. The van der Waals surface area contributed by atoms with E-state index in [-0.39, 0.29) is 24.9 Å². The molecule has 1 heterocycles. The van der Waals surface area contributed by atoms with Crippen molar-refractivity contribution < 1.29 is 14.2 Å². The number of hydrogen-bond donors (Lipinski definition) is 1. The van der Waals surface area contributed by atoms with Crippen molar-refractivity contribution in [1.82, 2.24) is 5.32 Å². The minimum Gasteiger partial charge on any atom is -0.485 e. The zero-order chi connectivity index (χ0) is 13.9. The van der Waals surface area contributed by atoms with E-state index in [1.165, 1.54) is 5.56 Å². The molecule has 0 bridgehead atoms. The molecule has 1 aromatic carbocycles. The smallest absolute Gasteiger partial charge is 0.188 e. The minimum atomic E-state index is -0.0146. The van der Waals surface area contributed by atoms with Gasteiger partial charge in [0.2, 0.25) is 0 Å². The average molecular weight is 273 g/mol. The largest absolute Gasteiger partial charge is 0.485 e. The van der Waals surface area contributed by atoms with Crippen LogP contribution in [-0.4, -0.2) is 27.1 Å². The molecule has 0 saturated carbocycles. The van der Waals surface area contributed by atoms with Crippen molar-refractivity contribution in [1.29, 1.82) is 0 Å². The van der Waals surface area contributed by atoms with E-state index >= 15 is 0 Å². The Morgan fingerprint density at radius 1 is 1.30 bits per heavy atom.